The summed E-state index contributed by atoms with van der Waals surface area (Å²) in [4.78, 5) is 24.1. The number of benzene rings is 2. The maximum absolute atomic E-state index is 12.8. The van der Waals surface area contributed by atoms with E-state index >= 15 is 0 Å². The summed E-state index contributed by atoms with van der Waals surface area (Å²) in [6.07, 6.45) is 0.740. The zero-order valence-electron chi connectivity index (χ0n) is 13.5. The van der Waals surface area contributed by atoms with E-state index in [4.69, 9.17) is 0 Å². The number of hydrogen-bond acceptors (Lipinski definition) is 4. The Labute approximate surface area is 143 Å². The Morgan fingerprint density at radius 1 is 1.12 bits per heavy atom. The average molecular weight is 340 g/mol. The molecule has 25 heavy (non-hydrogen) atoms. The minimum absolute atomic E-state index is 0.133. The molecule has 0 bridgehead atoms. The van der Waals surface area contributed by atoms with Crippen molar-refractivity contribution in [1.29, 1.82) is 0 Å². The minimum Gasteiger partial charge on any atom is -0.352 e. The first-order chi connectivity index (χ1) is 12.1. The Morgan fingerprint density at radius 3 is 2.68 bits per heavy atom. The van der Waals surface area contributed by atoms with Crippen molar-refractivity contribution in [2.24, 2.45) is 0 Å². The molecule has 0 fully saturated rings. The smallest absolute Gasteiger partial charge is 0.277 e. The van der Waals surface area contributed by atoms with E-state index < -0.39 is 0 Å². The number of rotatable bonds is 6. The first-order valence-corrected chi connectivity index (χ1v) is 7.97. The molecule has 0 aliphatic rings. The molecule has 0 aliphatic heterocycles. The topological polar surface area (TPSA) is 76.9 Å². The van der Waals surface area contributed by atoms with Crippen LogP contribution in [-0.4, -0.2) is 20.9 Å². The van der Waals surface area contributed by atoms with E-state index in [1.807, 2.05) is 0 Å². The Morgan fingerprint density at radius 2 is 1.88 bits per heavy atom. The van der Waals surface area contributed by atoms with Gasteiger partial charge in [-0.3, -0.25) is 9.59 Å². The maximum Gasteiger partial charge on any atom is 0.277 e. The molecular formula is C18H17FN4O2. The number of fused-ring (bicyclic) bond motifs is 1. The molecule has 0 radical (unpaired) electrons. The number of aromatic nitrogens is 3. The van der Waals surface area contributed by atoms with Crippen LogP contribution in [0.25, 0.3) is 10.9 Å². The zero-order valence-corrected chi connectivity index (χ0v) is 13.5. The second kappa shape index (κ2) is 7.65. The van der Waals surface area contributed by atoms with Crippen molar-refractivity contribution in [3.63, 3.8) is 0 Å². The van der Waals surface area contributed by atoms with Gasteiger partial charge in [-0.2, -0.15) is 0 Å². The molecule has 0 atom stereocenters. The van der Waals surface area contributed by atoms with E-state index in [9.17, 15) is 14.0 Å². The van der Waals surface area contributed by atoms with Crippen molar-refractivity contribution >= 4 is 16.8 Å². The fourth-order valence-corrected chi connectivity index (χ4v) is 2.45. The molecule has 2 aromatic carbocycles. The van der Waals surface area contributed by atoms with Gasteiger partial charge < -0.3 is 5.32 Å². The third kappa shape index (κ3) is 4.26. The Balaban J connectivity index is 1.51. The molecule has 0 saturated carbocycles. The van der Waals surface area contributed by atoms with Crippen molar-refractivity contribution in [3.05, 3.63) is 70.3 Å². The van der Waals surface area contributed by atoms with Gasteiger partial charge in [0.2, 0.25) is 5.91 Å². The van der Waals surface area contributed by atoms with Gasteiger partial charge in [0.1, 0.15) is 11.3 Å². The second-order valence-electron chi connectivity index (χ2n) is 5.64. The molecule has 3 aromatic rings. The predicted octanol–water partition coefficient (Wildman–Crippen LogP) is 2.03. The lowest BCUT2D eigenvalue weighted by molar-refractivity contribution is -0.121. The first kappa shape index (κ1) is 16.8. The summed E-state index contributed by atoms with van der Waals surface area (Å²) in [7, 11) is 0. The monoisotopic (exact) mass is 340 g/mol. The SMILES string of the molecule is O=C(CCCn1nnc2ccccc2c1=O)NCc1ccc(F)cc1. The Kier molecular flexibility index (Phi) is 5.13. The zero-order chi connectivity index (χ0) is 17.6. The molecular weight excluding hydrogens is 323 g/mol. The van der Waals surface area contributed by atoms with Crippen LogP contribution in [0.1, 0.15) is 18.4 Å². The molecule has 128 valence electrons. The highest BCUT2D eigenvalue weighted by Crippen LogP contribution is 2.04. The highest BCUT2D eigenvalue weighted by molar-refractivity contribution is 5.76. The van der Waals surface area contributed by atoms with Crippen molar-refractivity contribution in [2.75, 3.05) is 0 Å². The number of aryl methyl sites for hydroxylation is 1. The molecule has 1 heterocycles. The lowest BCUT2D eigenvalue weighted by Gasteiger charge is -2.06. The van der Waals surface area contributed by atoms with Crippen molar-refractivity contribution in [1.82, 2.24) is 20.3 Å². The molecule has 0 spiro atoms. The summed E-state index contributed by atoms with van der Waals surface area (Å²) in [5.74, 6) is -0.442. The van der Waals surface area contributed by atoms with Crippen LogP contribution in [-0.2, 0) is 17.9 Å². The van der Waals surface area contributed by atoms with Crippen LogP contribution < -0.4 is 10.9 Å². The lowest BCUT2D eigenvalue weighted by Crippen LogP contribution is -2.26. The van der Waals surface area contributed by atoms with Crippen LogP contribution in [0.15, 0.2) is 53.3 Å². The second-order valence-corrected chi connectivity index (χ2v) is 5.64. The fraction of sp³-hybridized carbons (Fsp3) is 0.222. The van der Waals surface area contributed by atoms with Gasteiger partial charge in [-0.15, -0.1) is 5.10 Å². The summed E-state index contributed by atoms with van der Waals surface area (Å²) >= 11 is 0. The van der Waals surface area contributed by atoms with Gasteiger partial charge in [0, 0.05) is 19.5 Å². The summed E-state index contributed by atoms with van der Waals surface area (Å²) in [6, 6.07) is 13.0. The summed E-state index contributed by atoms with van der Waals surface area (Å²) in [5, 5.41) is 11.2. The van der Waals surface area contributed by atoms with Crippen molar-refractivity contribution < 1.29 is 9.18 Å². The number of nitrogens with zero attached hydrogens (tertiary/aromatic N) is 3. The van der Waals surface area contributed by atoms with Crippen LogP contribution in [0.2, 0.25) is 0 Å². The average Bonchev–Trinajstić information content (AvgIpc) is 2.63. The fourth-order valence-electron chi connectivity index (χ4n) is 2.45. The molecule has 0 saturated heterocycles. The Hall–Kier alpha value is -3.09. The summed E-state index contributed by atoms with van der Waals surface area (Å²) < 4.78 is 14.1. The van der Waals surface area contributed by atoms with Gasteiger partial charge in [0.15, 0.2) is 0 Å². The van der Waals surface area contributed by atoms with Crippen LogP contribution in [0, 0.1) is 5.82 Å². The maximum atomic E-state index is 12.8. The molecule has 0 aliphatic carbocycles. The quantitative estimate of drug-likeness (QED) is 0.745. The third-order valence-electron chi connectivity index (χ3n) is 3.81. The highest BCUT2D eigenvalue weighted by atomic mass is 19.1. The predicted molar refractivity (Wildman–Crippen MR) is 91.3 cm³/mol. The van der Waals surface area contributed by atoms with E-state index in [0.717, 1.165) is 5.56 Å². The van der Waals surface area contributed by atoms with Gasteiger partial charge in [0.05, 0.1) is 5.39 Å². The van der Waals surface area contributed by atoms with E-state index in [0.29, 0.717) is 30.4 Å². The van der Waals surface area contributed by atoms with Gasteiger partial charge >= 0.3 is 0 Å². The molecule has 6 nitrogen and oxygen atoms in total. The number of hydrogen-bond donors (Lipinski definition) is 1. The lowest BCUT2D eigenvalue weighted by atomic mass is 10.2. The molecule has 3 rings (SSSR count). The van der Waals surface area contributed by atoms with Crippen LogP contribution >= 0.6 is 0 Å². The van der Waals surface area contributed by atoms with E-state index in [2.05, 4.69) is 15.6 Å². The van der Waals surface area contributed by atoms with Gasteiger partial charge in [-0.05, 0) is 36.2 Å². The number of amides is 1. The normalized spacial score (nSPS) is 10.8. The summed E-state index contributed by atoms with van der Waals surface area (Å²) in [6.45, 7) is 0.662. The highest BCUT2D eigenvalue weighted by Gasteiger charge is 2.06. The van der Waals surface area contributed by atoms with Crippen molar-refractivity contribution in [3.8, 4) is 0 Å². The minimum atomic E-state index is -0.308. The molecule has 1 aromatic heterocycles. The van der Waals surface area contributed by atoms with Crippen LogP contribution in [0.3, 0.4) is 0 Å². The van der Waals surface area contributed by atoms with Crippen LogP contribution in [0.5, 0.6) is 0 Å². The van der Waals surface area contributed by atoms with Crippen LogP contribution in [0.4, 0.5) is 4.39 Å². The number of halogens is 1. The summed E-state index contributed by atoms with van der Waals surface area (Å²) in [5.41, 5.74) is 1.17. The largest absolute Gasteiger partial charge is 0.352 e. The van der Waals surface area contributed by atoms with E-state index in [-0.39, 0.29) is 23.7 Å². The van der Waals surface area contributed by atoms with Crippen molar-refractivity contribution in [2.45, 2.75) is 25.9 Å². The van der Waals surface area contributed by atoms with E-state index in [1.165, 1.54) is 16.8 Å². The van der Waals surface area contributed by atoms with E-state index in [1.54, 1.807) is 36.4 Å². The molecule has 1 N–H and O–H groups in total. The molecule has 0 unspecified atom stereocenters. The molecule has 7 heteroatoms. The number of carbonyl (C=O) groups is 1. The standard InChI is InChI=1S/C18H17FN4O2/c19-14-9-7-13(8-10-14)12-20-17(24)6-3-11-23-18(25)15-4-1-2-5-16(15)21-22-23/h1-2,4-5,7-10H,3,6,11-12H2,(H,20,24). The Bertz CT molecular complexity index is 938. The van der Waals surface area contributed by atoms with Gasteiger partial charge in [-0.1, -0.05) is 29.5 Å². The first-order valence-electron chi connectivity index (χ1n) is 7.97. The number of carbonyl (C=O) groups excluding carboxylic acids is 1. The molecule has 1 amide bonds. The third-order valence-corrected chi connectivity index (χ3v) is 3.81. The van der Waals surface area contributed by atoms with Gasteiger partial charge in [-0.25, -0.2) is 9.07 Å². The number of nitrogens with one attached hydrogen (secondary N) is 1. The van der Waals surface area contributed by atoms with Gasteiger partial charge in [0.25, 0.3) is 5.56 Å².